The fourth-order valence-electron chi connectivity index (χ4n) is 7.55. The highest BCUT2D eigenvalue weighted by atomic mass is 16.5. The van der Waals surface area contributed by atoms with Crippen LogP contribution >= 0.6 is 0 Å². The average Bonchev–Trinajstić information content (AvgIpc) is 3.39. The van der Waals surface area contributed by atoms with Gasteiger partial charge in [0.1, 0.15) is 23.4 Å². The first kappa shape index (κ1) is 29.7. The number of rotatable bonds is 8. The van der Waals surface area contributed by atoms with Crippen molar-refractivity contribution < 1.29 is 14.6 Å². The minimum atomic E-state index is -1.67. The topological polar surface area (TPSA) is 53.0 Å². The van der Waals surface area contributed by atoms with Gasteiger partial charge in [-0.1, -0.05) is 146 Å². The van der Waals surface area contributed by atoms with Crippen LogP contribution in [0.4, 0.5) is 11.4 Å². The number of para-hydroxylation sites is 1. The zero-order valence-electron chi connectivity index (χ0n) is 26.6. The molecule has 0 saturated carbocycles. The Hall–Kier alpha value is -5.65. The molecule has 0 aliphatic carbocycles. The molecular weight excluding hydrogens is 592 g/mol. The molecule has 1 amide bonds. The van der Waals surface area contributed by atoms with Crippen LogP contribution in [0.25, 0.3) is 0 Å². The number of carbonyl (C=O) groups excluding carboxylic acids is 1. The van der Waals surface area contributed by atoms with E-state index in [1.165, 1.54) is 11.1 Å². The highest BCUT2D eigenvalue weighted by Crippen LogP contribution is 2.60. The molecule has 0 saturated heterocycles. The largest absolute Gasteiger partial charge is 0.490 e. The molecule has 236 valence electrons. The van der Waals surface area contributed by atoms with Gasteiger partial charge in [-0.3, -0.25) is 4.79 Å². The maximum atomic E-state index is 15.3. The quantitative estimate of drug-likeness (QED) is 0.186. The van der Waals surface area contributed by atoms with E-state index in [1.807, 2.05) is 114 Å². The van der Waals surface area contributed by atoms with Crippen molar-refractivity contribution in [1.82, 2.24) is 0 Å². The van der Waals surface area contributed by atoms with Gasteiger partial charge in [-0.25, -0.2) is 0 Å². The second kappa shape index (κ2) is 12.2. The third-order valence-corrected chi connectivity index (χ3v) is 9.82. The van der Waals surface area contributed by atoms with Crippen LogP contribution < -0.4 is 14.5 Å². The number of benzene rings is 6. The Bertz CT molecular complexity index is 2010. The first-order valence-corrected chi connectivity index (χ1v) is 16.4. The van der Waals surface area contributed by atoms with Gasteiger partial charge < -0.3 is 19.6 Å². The van der Waals surface area contributed by atoms with E-state index in [-0.39, 0.29) is 12.5 Å². The van der Waals surface area contributed by atoms with E-state index in [4.69, 9.17) is 4.74 Å². The number of ether oxygens (including phenoxy) is 1. The Morgan fingerprint density at radius 2 is 1.17 bits per heavy atom. The predicted molar refractivity (Wildman–Crippen MR) is 190 cm³/mol. The summed E-state index contributed by atoms with van der Waals surface area (Å²) in [6, 6.07) is 54.4. The van der Waals surface area contributed by atoms with Crippen molar-refractivity contribution in [3.05, 3.63) is 197 Å². The molecule has 5 heteroatoms. The van der Waals surface area contributed by atoms with Crippen molar-refractivity contribution in [1.29, 1.82) is 0 Å². The van der Waals surface area contributed by atoms with Crippen LogP contribution in [0, 0.1) is 0 Å². The number of aliphatic hydroxyl groups is 1. The Morgan fingerprint density at radius 1 is 0.625 bits per heavy atom. The maximum Gasteiger partial charge on any atom is 0.246 e. The number of nitrogens with zero attached hydrogens (tertiary/aromatic N) is 2. The number of carbonyl (C=O) groups is 1. The maximum absolute atomic E-state index is 15.3. The number of hydrogen-bond acceptors (Lipinski definition) is 4. The third-order valence-electron chi connectivity index (χ3n) is 9.82. The molecular formula is C43H36N2O3. The Labute approximate surface area is 281 Å². The zero-order valence-corrected chi connectivity index (χ0v) is 26.6. The molecule has 0 fully saturated rings. The van der Waals surface area contributed by atoms with Crippen LogP contribution in [-0.4, -0.2) is 17.6 Å². The fourth-order valence-corrected chi connectivity index (χ4v) is 7.55. The lowest BCUT2D eigenvalue weighted by atomic mass is 9.60. The fraction of sp³-hybridized carbons (Fsp3) is 0.140. The van der Waals surface area contributed by atoms with Gasteiger partial charge in [-0.2, -0.15) is 0 Å². The molecule has 6 aromatic rings. The van der Waals surface area contributed by atoms with Crippen molar-refractivity contribution in [2.45, 2.75) is 30.7 Å². The number of fused-ring (bicyclic) bond motifs is 4. The highest BCUT2D eigenvalue weighted by molar-refractivity contribution is 6.12. The van der Waals surface area contributed by atoms with Crippen LogP contribution in [0.5, 0.6) is 5.75 Å². The summed E-state index contributed by atoms with van der Waals surface area (Å²) in [4.78, 5) is 19.5. The lowest BCUT2D eigenvalue weighted by molar-refractivity contribution is -0.139. The summed E-state index contributed by atoms with van der Waals surface area (Å²) in [5.74, 6) is 0.436. The minimum Gasteiger partial charge on any atom is -0.490 e. The highest BCUT2D eigenvalue weighted by Gasteiger charge is 2.67. The van der Waals surface area contributed by atoms with Crippen molar-refractivity contribution in [2.24, 2.45) is 0 Å². The summed E-state index contributed by atoms with van der Waals surface area (Å²) >= 11 is 0. The lowest BCUT2D eigenvalue weighted by Crippen LogP contribution is -2.61. The molecule has 48 heavy (non-hydrogen) atoms. The van der Waals surface area contributed by atoms with Crippen molar-refractivity contribution in [2.75, 3.05) is 16.4 Å². The number of hydrogen-bond donors (Lipinski definition) is 1. The zero-order chi connectivity index (χ0) is 32.6. The minimum absolute atomic E-state index is 0.0793. The molecule has 5 nitrogen and oxygen atoms in total. The summed E-state index contributed by atoms with van der Waals surface area (Å²) in [5.41, 5.74) is 4.15. The Kier molecular flexibility index (Phi) is 7.54. The summed E-state index contributed by atoms with van der Waals surface area (Å²) in [6.07, 6.45) is 0. The summed E-state index contributed by atoms with van der Waals surface area (Å²) in [7, 11) is 0. The van der Waals surface area contributed by atoms with Crippen LogP contribution in [0.2, 0.25) is 0 Å². The molecule has 2 aliphatic rings. The van der Waals surface area contributed by atoms with Crippen LogP contribution in [0.1, 0.15) is 33.4 Å². The SMILES string of the molecule is O=C1N(Cc2ccccc2)c2ccccc2C12c1ccc(N(Cc3ccccc3)Cc3ccccc3)cc1OC[C@]2(O)c1ccccc1. The van der Waals surface area contributed by atoms with Gasteiger partial charge in [0.2, 0.25) is 5.91 Å². The van der Waals surface area contributed by atoms with Crippen molar-refractivity contribution in [3.8, 4) is 5.75 Å². The van der Waals surface area contributed by atoms with Gasteiger partial charge in [0.25, 0.3) is 0 Å². The van der Waals surface area contributed by atoms with Crippen molar-refractivity contribution in [3.63, 3.8) is 0 Å². The summed E-state index contributed by atoms with van der Waals surface area (Å²) in [6.45, 7) is 1.70. The molecule has 2 aliphatic heterocycles. The van der Waals surface area contributed by atoms with Gasteiger partial charge in [-0.05, 0) is 39.9 Å². The summed E-state index contributed by atoms with van der Waals surface area (Å²) < 4.78 is 6.54. The molecule has 2 atom stereocenters. The Balaban J connectivity index is 1.30. The molecule has 6 aromatic carbocycles. The standard InChI is InChI=1S/C43H36N2O3/c46-41-43(37-23-13-14-24-39(37)45(41)30-34-19-9-3-10-20-34)38-26-25-36(27-40(38)48-31-42(43,47)35-21-11-4-12-22-35)44(28-32-15-5-1-6-16-32)29-33-17-7-2-8-18-33/h1-27,47H,28-31H2/t42-,43?/m0/s1. The average molecular weight is 629 g/mol. The van der Waals surface area contributed by atoms with E-state index < -0.39 is 11.0 Å². The number of anilines is 2. The first-order chi connectivity index (χ1) is 23.6. The lowest BCUT2D eigenvalue weighted by Gasteiger charge is -2.48. The van der Waals surface area contributed by atoms with Gasteiger partial charge in [0.05, 0.1) is 6.54 Å². The molecule has 8 rings (SSSR count). The van der Waals surface area contributed by atoms with E-state index in [0.717, 1.165) is 22.5 Å². The smallest absolute Gasteiger partial charge is 0.246 e. The van der Waals surface area contributed by atoms with Gasteiger partial charge in [-0.15, -0.1) is 0 Å². The predicted octanol–water partition coefficient (Wildman–Crippen LogP) is 8.01. The van der Waals surface area contributed by atoms with E-state index in [2.05, 4.69) is 59.5 Å². The summed E-state index contributed by atoms with van der Waals surface area (Å²) in [5, 5.41) is 13.0. The van der Waals surface area contributed by atoms with Gasteiger partial charge in [0.15, 0.2) is 0 Å². The van der Waals surface area contributed by atoms with Gasteiger partial charge in [0, 0.05) is 36.1 Å². The third kappa shape index (κ3) is 4.86. The van der Waals surface area contributed by atoms with E-state index in [1.54, 1.807) is 0 Å². The van der Waals surface area contributed by atoms with Crippen LogP contribution in [-0.2, 0) is 35.4 Å². The molecule has 1 spiro atoms. The monoisotopic (exact) mass is 628 g/mol. The Morgan fingerprint density at radius 3 is 1.79 bits per heavy atom. The van der Waals surface area contributed by atoms with E-state index >= 15 is 4.79 Å². The number of amides is 1. The molecule has 1 unspecified atom stereocenters. The second-order valence-electron chi connectivity index (χ2n) is 12.7. The van der Waals surface area contributed by atoms with Crippen molar-refractivity contribution >= 4 is 17.3 Å². The van der Waals surface area contributed by atoms with Crippen LogP contribution in [0.3, 0.4) is 0 Å². The molecule has 1 N–H and O–H groups in total. The first-order valence-electron chi connectivity index (χ1n) is 16.4. The van der Waals surface area contributed by atoms with Crippen LogP contribution in [0.15, 0.2) is 164 Å². The van der Waals surface area contributed by atoms with Gasteiger partial charge >= 0.3 is 0 Å². The van der Waals surface area contributed by atoms with E-state index in [0.29, 0.717) is 36.5 Å². The molecule has 0 radical (unpaired) electrons. The second-order valence-corrected chi connectivity index (χ2v) is 12.7. The molecule has 2 heterocycles. The normalized spacial score (nSPS) is 19.4. The molecule has 0 aromatic heterocycles. The molecule has 0 bridgehead atoms. The van der Waals surface area contributed by atoms with E-state index in [9.17, 15) is 5.11 Å².